The number of ether oxygens (including phenoxy) is 2. The lowest BCUT2D eigenvalue weighted by molar-refractivity contribution is -0.116. The zero-order valence-corrected chi connectivity index (χ0v) is 11.9. The third-order valence-corrected chi connectivity index (χ3v) is 3.30. The van der Waals surface area contributed by atoms with Crippen molar-refractivity contribution in [3.63, 3.8) is 0 Å². The minimum Gasteiger partial charge on any atom is -0.490 e. The molecule has 1 aromatic carbocycles. The maximum atomic E-state index is 11.8. The Balaban J connectivity index is 1.93. The second-order valence-electron chi connectivity index (χ2n) is 5.14. The first-order valence-electron chi connectivity index (χ1n) is 7.08. The molecule has 0 spiro atoms. The van der Waals surface area contributed by atoms with Crippen LogP contribution in [0.2, 0.25) is 0 Å². The molecule has 0 aliphatic carbocycles. The molecule has 0 fully saturated rings. The van der Waals surface area contributed by atoms with Gasteiger partial charge in [0.05, 0.1) is 13.2 Å². The van der Waals surface area contributed by atoms with Crippen LogP contribution in [0.5, 0.6) is 11.5 Å². The standard InChI is InChI=1S/C15H22N2O3/c1-11(10-16)3-6-15(18)17-12-4-5-13-14(9-12)20-8-2-7-19-13/h4-5,9,11H,2-3,6-8,10,16H2,1H3,(H,17,18). The van der Waals surface area contributed by atoms with E-state index in [0.717, 1.165) is 24.3 Å². The summed E-state index contributed by atoms with van der Waals surface area (Å²) in [5.41, 5.74) is 6.28. The van der Waals surface area contributed by atoms with Crippen molar-refractivity contribution < 1.29 is 14.3 Å². The summed E-state index contributed by atoms with van der Waals surface area (Å²) in [6, 6.07) is 5.47. The molecule has 110 valence electrons. The van der Waals surface area contributed by atoms with Gasteiger partial charge in [-0.2, -0.15) is 0 Å². The molecule has 1 unspecified atom stereocenters. The largest absolute Gasteiger partial charge is 0.490 e. The van der Waals surface area contributed by atoms with Gasteiger partial charge in [-0.3, -0.25) is 4.79 Å². The van der Waals surface area contributed by atoms with E-state index in [4.69, 9.17) is 15.2 Å². The number of carbonyl (C=O) groups is 1. The SMILES string of the molecule is CC(CN)CCC(=O)Nc1ccc2c(c1)OCCCO2. The molecule has 1 heterocycles. The Morgan fingerprint density at radius 2 is 2.10 bits per heavy atom. The number of amides is 1. The third-order valence-electron chi connectivity index (χ3n) is 3.30. The first-order valence-corrected chi connectivity index (χ1v) is 7.08. The van der Waals surface area contributed by atoms with E-state index in [1.54, 1.807) is 0 Å². The Labute approximate surface area is 119 Å². The number of benzene rings is 1. The fourth-order valence-corrected chi connectivity index (χ4v) is 1.96. The Bertz CT molecular complexity index is 462. The highest BCUT2D eigenvalue weighted by Crippen LogP contribution is 2.32. The minimum atomic E-state index is -0.000194. The van der Waals surface area contributed by atoms with Crippen molar-refractivity contribution in [1.29, 1.82) is 0 Å². The van der Waals surface area contributed by atoms with E-state index >= 15 is 0 Å². The van der Waals surface area contributed by atoms with Crippen molar-refractivity contribution in [2.75, 3.05) is 25.1 Å². The summed E-state index contributed by atoms with van der Waals surface area (Å²) < 4.78 is 11.1. The zero-order valence-electron chi connectivity index (χ0n) is 11.9. The molecule has 5 nitrogen and oxygen atoms in total. The Morgan fingerprint density at radius 1 is 1.35 bits per heavy atom. The monoisotopic (exact) mass is 278 g/mol. The van der Waals surface area contributed by atoms with Gasteiger partial charge in [0.1, 0.15) is 0 Å². The summed E-state index contributed by atoms with van der Waals surface area (Å²) in [5.74, 6) is 1.79. The van der Waals surface area contributed by atoms with Crippen LogP contribution in [0, 0.1) is 5.92 Å². The molecular formula is C15H22N2O3. The van der Waals surface area contributed by atoms with Crippen LogP contribution in [0.3, 0.4) is 0 Å². The van der Waals surface area contributed by atoms with E-state index in [0.29, 0.717) is 37.8 Å². The van der Waals surface area contributed by atoms with E-state index in [9.17, 15) is 4.79 Å². The molecule has 1 amide bonds. The maximum Gasteiger partial charge on any atom is 0.224 e. The van der Waals surface area contributed by atoms with Crippen molar-refractivity contribution >= 4 is 11.6 Å². The van der Waals surface area contributed by atoms with Crippen LogP contribution in [0.15, 0.2) is 18.2 Å². The summed E-state index contributed by atoms with van der Waals surface area (Å²) in [6.07, 6.45) is 2.15. The van der Waals surface area contributed by atoms with Crippen LogP contribution in [-0.4, -0.2) is 25.7 Å². The molecule has 1 atom stereocenters. The molecule has 3 N–H and O–H groups in total. The number of carbonyl (C=O) groups excluding carboxylic acids is 1. The molecule has 0 saturated carbocycles. The number of anilines is 1. The van der Waals surface area contributed by atoms with Gasteiger partial charge in [0.2, 0.25) is 5.91 Å². The highest BCUT2D eigenvalue weighted by Gasteiger charge is 2.12. The van der Waals surface area contributed by atoms with E-state index in [1.807, 2.05) is 25.1 Å². The molecule has 5 heteroatoms. The Kier molecular flexibility index (Phi) is 5.24. The predicted octanol–water partition coefficient (Wildman–Crippen LogP) is 2.16. The van der Waals surface area contributed by atoms with Gasteiger partial charge in [-0.1, -0.05) is 6.92 Å². The van der Waals surface area contributed by atoms with Gasteiger partial charge in [0.25, 0.3) is 0 Å². The number of hydrogen-bond acceptors (Lipinski definition) is 4. The van der Waals surface area contributed by atoms with E-state index in [-0.39, 0.29) is 5.91 Å². The van der Waals surface area contributed by atoms with Crippen LogP contribution in [0.4, 0.5) is 5.69 Å². The maximum absolute atomic E-state index is 11.8. The molecule has 0 bridgehead atoms. The normalized spacial score (nSPS) is 15.3. The van der Waals surface area contributed by atoms with Crippen molar-refractivity contribution in [2.24, 2.45) is 11.7 Å². The summed E-state index contributed by atoms with van der Waals surface area (Å²) in [4.78, 5) is 11.8. The molecule has 1 aromatic rings. The molecule has 0 saturated heterocycles. The summed E-state index contributed by atoms with van der Waals surface area (Å²) >= 11 is 0. The van der Waals surface area contributed by atoms with Gasteiger partial charge in [-0.05, 0) is 31.0 Å². The topological polar surface area (TPSA) is 73.6 Å². The molecule has 1 aliphatic rings. The highest BCUT2D eigenvalue weighted by molar-refractivity contribution is 5.91. The van der Waals surface area contributed by atoms with Crippen molar-refractivity contribution in [3.05, 3.63) is 18.2 Å². The fourth-order valence-electron chi connectivity index (χ4n) is 1.96. The lowest BCUT2D eigenvalue weighted by Gasteiger charge is -2.11. The number of fused-ring (bicyclic) bond motifs is 1. The summed E-state index contributed by atoms with van der Waals surface area (Å²) in [5, 5.41) is 2.88. The smallest absolute Gasteiger partial charge is 0.224 e. The van der Waals surface area contributed by atoms with Crippen LogP contribution < -0.4 is 20.5 Å². The first kappa shape index (κ1) is 14.7. The van der Waals surface area contributed by atoms with Gasteiger partial charge in [-0.25, -0.2) is 0 Å². The van der Waals surface area contributed by atoms with Crippen molar-refractivity contribution in [3.8, 4) is 11.5 Å². The predicted molar refractivity (Wildman–Crippen MR) is 78.1 cm³/mol. The lowest BCUT2D eigenvalue weighted by atomic mass is 10.1. The number of nitrogens with two attached hydrogens (primary N) is 1. The second kappa shape index (κ2) is 7.14. The second-order valence-corrected chi connectivity index (χ2v) is 5.14. The fraction of sp³-hybridized carbons (Fsp3) is 0.533. The van der Waals surface area contributed by atoms with Crippen LogP contribution in [0.1, 0.15) is 26.2 Å². The first-order chi connectivity index (χ1) is 9.69. The van der Waals surface area contributed by atoms with E-state index in [2.05, 4.69) is 5.32 Å². The van der Waals surface area contributed by atoms with E-state index < -0.39 is 0 Å². The van der Waals surface area contributed by atoms with Gasteiger partial charge in [-0.15, -0.1) is 0 Å². The van der Waals surface area contributed by atoms with Crippen LogP contribution >= 0.6 is 0 Å². The minimum absolute atomic E-state index is 0.000194. The average molecular weight is 278 g/mol. The Morgan fingerprint density at radius 3 is 2.85 bits per heavy atom. The molecule has 0 radical (unpaired) electrons. The van der Waals surface area contributed by atoms with Crippen LogP contribution in [0.25, 0.3) is 0 Å². The molecular weight excluding hydrogens is 256 g/mol. The number of hydrogen-bond donors (Lipinski definition) is 2. The number of rotatable bonds is 5. The van der Waals surface area contributed by atoms with Gasteiger partial charge >= 0.3 is 0 Å². The Hall–Kier alpha value is -1.75. The van der Waals surface area contributed by atoms with Crippen molar-refractivity contribution in [2.45, 2.75) is 26.2 Å². The lowest BCUT2D eigenvalue weighted by Crippen LogP contribution is -2.16. The molecule has 2 rings (SSSR count). The van der Waals surface area contributed by atoms with Gasteiger partial charge in [0, 0.05) is 24.6 Å². The van der Waals surface area contributed by atoms with Gasteiger partial charge in [0.15, 0.2) is 11.5 Å². The van der Waals surface area contributed by atoms with Crippen LogP contribution in [-0.2, 0) is 4.79 Å². The zero-order chi connectivity index (χ0) is 14.4. The highest BCUT2D eigenvalue weighted by atomic mass is 16.5. The van der Waals surface area contributed by atoms with Gasteiger partial charge < -0.3 is 20.5 Å². The number of nitrogens with one attached hydrogen (secondary N) is 1. The van der Waals surface area contributed by atoms with E-state index in [1.165, 1.54) is 0 Å². The molecule has 0 aromatic heterocycles. The average Bonchev–Trinajstić information content (AvgIpc) is 2.69. The summed E-state index contributed by atoms with van der Waals surface area (Å²) in [7, 11) is 0. The molecule has 1 aliphatic heterocycles. The summed E-state index contributed by atoms with van der Waals surface area (Å²) in [6.45, 7) is 3.95. The third kappa shape index (κ3) is 4.13. The quantitative estimate of drug-likeness (QED) is 0.865. The molecule has 20 heavy (non-hydrogen) atoms. The van der Waals surface area contributed by atoms with Crippen molar-refractivity contribution in [1.82, 2.24) is 0 Å².